The van der Waals surface area contributed by atoms with E-state index >= 15 is 0 Å². The first-order chi connectivity index (χ1) is 14.3. The van der Waals surface area contributed by atoms with Gasteiger partial charge in [0.1, 0.15) is 0 Å². The van der Waals surface area contributed by atoms with E-state index in [1.165, 1.54) is 33.5 Å². The van der Waals surface area contributed by atoms with Gasteiger partial charge in [0.2, 0.25) is 11.7 Å². The molecule has 8 nitrogen and oxygen atoms in total. The highest BCUT2D eigenvalue weighted by Crippen LogP contribution is 2.38. The monoisotopic (exact) mass is 431 g/mol. The van der Waals surface area contributed by atoms with Crippen LogP contribution in [0.2, 0.25) is 0 Å². The summed E-state index contributed by atoms with van der Waals surface area (Å²) in [5.74, 6) is 0.499. The molecule has 2 aromatic rings. The first-order valence-corrected chi connectivity index (χ1v) is 9.53. The summed E-state index contributed by atoms with van der Waals surface area (Å²) in [6.07, 6.45) is 0. The van der Waals surface area contributed by atoms with Gasteiger partial charge in [-0.2, -0.15) is 0 Å². The van der Waals surface area contributed by atoms with Crippen LogP contribution in [0.15, 0.2) is 36.4 Å². The molecule has 3 N–H and O–H groups in total. The van der Waals surface area contributed by atoms with Crippen molar-refractivity contribution in [1.82, 2.24) is 5.32 Å². The van der Waals surface area contributed by atoms with E-state index in [1.807, 2.05) is 13.8 Å². The van der Waals surface area contributed by atoms with Gasteiger partial charge in [-0.3, -0.25) is 14.9 Å². The number of methoxy groups -OCH3 is 3. The number of thiocarbonyl (C=S) groups is 1. The van der Waals surface area contributed by atoms with Crippen LogP contribution in [0, 0.1) is 5.92 Å². The Balaban J connectivity index is 2.04. The zero-order chi connectivity index (χ0) is 22.3. The largest absolute Gasteiger partial charge is 0.493 e. The average molecular weight is 432 g/mol. The maximum Gasteiger partial charge on any atom is 0.257 e. The first kappa shape index (κ1) is 23.0. The maximum absolute atomic E-state index is 12.6. The highest BCUT2D eigenvalue weighted by molar-refractivity contribution is 7.80. The molecule has 0 atom stereocenters. The number of anilines is 2. The minimum Gasteiger partial charge on any atom is -0.493 e. The molecule has 2 aromatic carbocycles. The molecule has 0 saturated heterocycles. The summed E-state index contributed by atoms with van der Waals surface area (Å²) < 4.78 is 15.8. The van der Waals surface area contributed by atoms with E-state index in [0.29, 0.717) is 34.2 Å². The summed E-state index contributed by atoms with van der Waals surface area (Å²) in [6, 6.07) is 10.0. The predicted octanol–water partition coefficient (Wildman–Crippen LogP) is 3.43. The third-order valence-electron chi connectivity index (χ3n) is 4.09. The van der Waals surface area contributed by atoms with Gasteiger partial charge in [-0.1, -0.05) is 13.8 Å². The van der Waals surface area contributed by atoms with Gasteiger partial charge < -0.3 is 24.8 Å². The van der Waals surface area contributed by atoms with E-state index in [0.717, 1.165) is 0 Å². The molecular formula is C21H25N3O5S. The Labute approximate surface area is 180 Å². The second-order valence-corrected chi connectivity index (χ2v) is 6.95. The van der Waals surface area contributed by atoms with Gasteiger partial charge in [-0.25, -0.2) is 0 Å². The number of rotatable bonds is 7. The fraction of sp³-hybridized carbons (Fsp3) is 0.286. The Morgan fingerprint density at radius 3 is 1.80 bits per heavy atom. The zero-order valence-corrected chi connectivity index (χ0v) is 18.3. The van der Waals surface area contributed by atoms with Gasteiger partial charge in [0.25, 0.3) is 5.91 Å². The molecule has 0 heterocycles. The van der Waals surface area contributed by atoms with Crippen LogP contribution in [0.4, 0.5) is 11.4 Å². The van der Waals surface area contributed by atoms with E-state index in [4.69, 9.17) is 26.4 Å². The van der Waals surface area contributed by atoms with Crippen LogP contribution in [0.3, 0.4) is 0 Å². The van der Waals surface area contributed by atoms with Crippen molar-refractivity contribution < 1.29 is 23.8 Å². The van der Waals surface area contributed by atoms with Crippen molar-refractivity contribution in [2.75, 3.05) is 32.0 Å². The molecule has 9 heteroatoms. The standard InChI is InChI=1S/C21H25N3O5S/c1-12(2)19(25)22-14-6-8-15(9-7-14)23-21(30)24-20(26)13-10-16(27-3)18(29-5)17(11-13)28-4/h6-12H,1-5H3,(H,22,25)(H2,23,24,26,30). The van der Waals surface area contributed by atoms with Crippen LogP contribution in [0.25, 0.3) is 0 Å². The Morgan fingerprint density at radius 1 is 0.867 bits per heavy atom. The molecule has 0 fully saturated rings. The molecule has 0 aliphatic carbocycles. The SMILES string of the molecule is COc1cc(C(=O)NC(=S)Nc2ccc(NC(=O)C(C)C)cc2)cc(OC)c1OC. The number of hydrogen-bond donors (Lipinski definition) is 3. The first-order valence-electron chi connectivity index (χ1n) is 9.12. The Morgan fingerprint density at radius 2 is 1.37 bits per heavy atom. The summed E-state index contributed by atoms with van der Waals surface area (Å²) in [7, 11) is 4.43. The number of hydrogen-bond acceptors (Lipinski definition) is 6. The fourth-order valence-electron chi connectivity index (χ4n) is 2.47. The van der Waals surface area contributed by atoms with Crippen molar-refractivity contribution in [2.45, 2.75) is 13.8 Å². The van der Waals surface area contributed by atoms with Gasteiger partial charge in [0.15, 0.2) is 16.6 Å². The lowest BCUT2D eigenvalue weighted by Crippen LogP contribution is -2.34. The lowest BCUT2D eigenvalue weighted by molar-refractivity contribution is -0.118. The topological polar surface area (TPSA) is 97.9 Å². The Hall–Kier alpha value is -3.33. The number of carbonyl (C=O) groups is 2. The molecule has 0 aliphatic rings. The van der Waals surface area contributed by atoms with Gasteiger partial charge in [-0.15, -0.1) is 0 Å². The van der Waals surface area contributed by atoms with Gasteiger partial charge in [0.05, 0.1) is 21.3 Å². The zero-order valence-electron chi connectivity index (χ0n) is 17.5. The number of carbonyl (C=O) groups excluding carboxylic acids is 2. The van der Waals surface area contributed by atoms with E-state index in [-0.39, 0.29) is 16.9 Å². The average Bonchev–Trinajstić information content (AvgIpc) is 2.73. The van der Waals surface area contributed by atoms with Crippen molar-refractivity contribution in [3.8, 4) is 17.2 Å². The van der Waals surface area contributed by atoms with Crippen LogP contribution in [-0.2, 0) is 4.79 Å². The highest BCUT2D eigenvalue weighted by Gasteiger charge is 2.17. The molecule has 0 bridgehead atoms. The third-order valence-corrected chi connectivity index (χ3v) is 4.29. The van der Waals surface area contributed by atoms with Crippen molar-refractivity contribution in [3.63, 3.8) is 0 Å². The Kier molecular flexibility index (Phi) is 7.99. The minimum absolute atomic E-state index is 0.0659. The van der Waals surface area contributed by atoms with Crippen LogP contribution in [0.5, 0.6) is 17.2 Å². The molecule has 30 heavy (non-hydrogen) atoms. The summed E-state index contributed by atoms with van der Waals surface area (Å²) in [6.45, 7) is 3.64. The van der Waals surface area contributed by atoms with Crippen LogP contribution in [0.1, 0.15) is 24.2 Å². The Bertz CT molecular complexity index is 904. The predicted molar refractivity (Wildman–Crippen MR) is 120 cm³/mol. The van der Waals surface area contributed by atoms with E-state index in [2.05, 4.69) is 16.0 Å². The molecule has 160 valence electrons. The number of amides is 2. The maximum atomic E-state index is 12.6. The second-order valence-electron chi connectivity index (χ2n) is 6.54. The molecule has 0 aliphatic heterocycles. The normalized spacial score (nSPS) is 10.2. The number of benzene rings is 2. The summed E-state index contributed by atoms with van der Waals surface area (Å²) >= 11 is 5.22. The smallest absolute Gasteiger partial charge is 0.257 e. The fourth-order valence-corrected chi connectivity index (χ4v) is 2.68. The molecule has 2 rings (SSSR count). The molecule has 0 saturated carbocycles. The molecule has 0 aromatic heterocycles. The van der Waals surface area contributed by atoms with Crippen molar-refractivity contribution in [1.29, 1.82) is 0 Å². The van der Waals surface area contributed by atoms with Gasteiger partial charge in [0, 0.05) is 22.9 Å². The number of nitrogens with one attached hydrogen (secondary N) is 3. The molecule has 0 unspecified atom stereocenters. The lowest BCUT2D eigenvalue weighted by atomic mass is 10.1. The highest BCUT2D eigenvalue weighted by atomic mass is 32.1. The van der Waals surface area contributed by atoms with Crippen molar-refractivity contribution in [2.24, 2.45) is 5.92 Å². The summed E-state index contributed by atoms with van der Waals surface area (Å²) in [4.78, 5) is 24.3. The van der Waals surface area contributed by atoms with Crippen molar-refractivity contribution >= 4 is 40.5 Å². The summed E-state index contributed by atoms with van der Waals surface area (Å²) in [5, 5.41) is 8.45. The second kappa shape index (κ2) is 10.4. The lowest BCUT2D eigenvalue weighted by Gasteiger charge is -2.15. The van der Waals surface area contributed by atoms with E-state index in [9.17, 15) is 9.59 Å². The number of ether oxygens (including phenoxy) is 3. The molecule has 0 spiro atoms. The molecular weight excluding hydrogens is 406 g/mol. The quantitative estimate of drug-likeness (QED) is 0.578. The van der Waals surface area contributed by atoms with Crippen molar-refractivity contribution in [3.05, 3.63) is 42.0 Å². The molecule has 2 amide bonds. The van der Waals surface area contributed by atoms with Crippen LogP contribution in [-0.4, -0.2) is 38.3 Å². The van der Waals surface area contributed by atoms with Gasteiger partial charge in [-0.05, 0) is 48.6 Å². The van der Waals surface area contributed by atoms with E-state index < -0.39 is 5.91 Å². The minimum atomic E-state index is -0.437. The summed E-state index contributed by atoms with van der Waals surface area (Å²) in [5.41, 5.74) is 1.62. The van der Waals surface area contributed by atoms with Crippen LogP contribution < -0.4 is 30.2 Å². The van der Waals surface area contributed by atoms with Gasteiger partial charge >= 0.3 is 0 Å². The molecule has 0 radical (unpaired) electrons. The van der Waals surface area contributed by atoms with Crippen LogP contribution >= 0.6 is 12.2 Å². The van der Waals surface area contributed by atoms with E-state index in [1.54, 1.807) is 24.3 Å². The third kappa shape index (κ3) is 5.84.